The van der Waals surface area contributed by atoms with E-state index >= 15 is 0 Å². The van der Waals surface area contributed by atoms with Gasteiger partial charge in [0, 0.05) is 12.6 Å². The second-order valence-electron chi connectivity index (χ2n) is 5.15. The summed E-state index contributed by atoms with van der Waals surface area (Å²) in [6.07, 6.45) is 0.653. The lowest BCUT2D eigenvalue weighted by molar-refractivity contribution is 0.0693. The maximum Gasteiger partial charge on any atom is 0.339 e. The van der Waals surface area contributed by atoms with Crippen LogP contribution in [0.5, 0.6) is 5.75 Å². The molecule has 21 heavy (non-hydrogen) atoms. The molecule has 0 spiro atoms. The SMILES string of the molecule is CCCN(C(C)C)S(=O)(=O)c1cc(C(=O)O)c(O)cc1C. The van der Waals surface area contributed by atoms with Gasteiger partial charge in [-0.05, 0) is 44.9 Å². The Morgan fingerprint density at radius 1 is 1.33 bits per heavy atom. The molecule has 0 radical (unpaired) electrons. The van der Waals surface area contributed by atoms with Crippen LogP contribution in [0.3, 0.4) is 0 Å². The van der Waals surface area contributed by atoms with E-state index in [-0.39, 0.29) is 10.9 Å². The average molecular weight is 315 g/mol. The number of carboxylic acid groups (broad SMARTS) is 1. The number of phenols is 1. The van der Waals surface area contributed by atoms with E-state index in [1.54, 1.807) is 13.8 Å². The third-order valence-electron chi connectivity index (χ3n) is 3.13. The van der Waals surface area contributed by atoms with Crippen molar-refractivity contribution in [3.63, 3.8) is 0 Å². The number of carboxylic acids is 1. The molecule has 1 aromatic carbocycles. The number of aromatic carboxylic acids is 1. The van der Waals surface area contributed by atoms with Crippen molar-refractivity contribution in [3.8, 4) is 5.75 Å². The Morgan fingerprint density at radius 3 is 2.33 bits per heavy atom. The van der Waals surface area contributed by atoms with Crippen molar-refractivity contribution in [3.05, 3.63) is 23.3 Å². The number of carbonyl (C=O) groups is 1. The summed E-state index contributed by atoms with van der Waals surface area (Å²) in [5, 5.41) is 18.6. The van der Waals surface area contributed by atoms with Crippen LogP contribution in [0.1, 0.15) is 43.1 Å². The minimum Gasteiger partial charge on any atom is -0.507 e. The van der Waals surface area contributed by atoms with Gasteiger partial charge in [-0.25, -0.2) is 13.2 Å². The largest absolute Gasteiger partial charge is 0.507 e. The van der Waals surface area contributed by atoms with Crippen molar-refractivity contribution in [2.45, 2.75) is 45.1 Å². The van der Waals surface area contributed by atoms with E-state index in [1.807, 2.05) is 6.92 Å². The van der Waals surface area contributed by atoms with E-state index in [9.17, 15) is 18.3 Å². The Bertz CT molecular complexity index is 637. The summed E-state index contributed by atoms with van der Waals surface area (Å²) in [6, 6.07) is 1.95. The summed E-state index contributed by atoms with van der Waals surface area (Å²) in [6.45, 7) is 7.28. The molecule has 0 aliphatic rings. The average Bonchev–Trinajstić information content (AvgIpc) is 2.34. The number of benzene rings is 1. The van der Waals surface area contributed by atoms with E-state index < -0.39 is 27.3 Å². The molecule has 0 bridgehead atoms. The molecule has 1 aromatic rings. The summed E-state index contributed by atoms with van der Waals surface area (Å²) in [7, 11) is -3.81. The zero-order valence-corrected chi connectivity index (χ0v) is 13.4. The van der Waals surface area contributed by atoms with E-state index in [0.29, 0.717) is 18.5 Å². The molecule has 0 aliphatic carbocycles. The smallest absolute Gasteiger partial charge is 0.339 e. The van der Waals surface area contributed by atoms with Crippen molar-refractivity contribution < 1.29 is 23.4 Å². The number of rotatable bonds is 6. The van der Waals surface area contributed by atoms with E-state index in [1.165, 1.54) is 17.3 Å². The molecule has 2 N–H and O–H groups in total. The number of hydrogen-bond donors (Lipinski definition) is 2. The fourth-order valence-electron chi connectivity index (χ4n) is 2.12. The highest BCUT2D eigenvalue weighted by atomic mass is 32.2. The molecule has 0 heterocycles. The molecule has 0 amide bonds. The molecular weight excluding hydrogens is 294 g/mol. The van der Waals surface area contributed by atoms with Crippen molar-refractivity contribution in [1.82, 2.24) is 4.31 Å². The highest BCUT2D eigenvalue weighted by molar-refractivity contribution is 7.89. The molecule has 0 saturated heterocycles. The Kier molecular flexibility index (Phi) is 5.36. The predicted octanol–water partition coefficient (Wildman–Crippen LogP) is 2.21. The third kappa shape index (κ3) is 3.54. The van der Waals surface area contributed by atoms with Crippen molar-refractivity contribution in [2.75, 3.05) is 6.54 Å². The van der Waals surface area contributed by atoms with E-state index in [4.69, 9.17) is 5.11 Å². The van der Waals surface area contributed by atoms with Crippen LogP contribution in [-0.2, 0) is 10.0 Å². The molecule has 0 saturated carbocycles. The zero-order valence-electron chi connectivity index (χ0n) is 12.6. The maximum absolute atomic E-state index is 12.7. The van der Waals surface area contributed by atoms with Gasteiger partial charge in [-0.3, -0.25) is 0 Å². The lowest BCUT2D eigenvalue weighted by Crippen LogP contribution is -2.37. The van der Waals surface area contributed by atoms with Crippen LogP contribution in [0.15, 0.2) is 17.0 Å². The Labute approximate surface area is 125 Å². The van der Waals surface area contributed by atoms with Crippen LogP contribution in [-0.4, -0.2) is 41.5 Å². The molecule has 0 atom stereocenters. The third-order valence-corrected chi connectivity index (χ3v) is 5.35. The quantitative estimate of drug-likeness (QED) is 0.839. The minimum absolute atomic E-state index is 0.0835. The van der Waals surface area contributed by atoms with Gasteiger partial charge in [-0.15, -0.1) is 0 Å². The highest BCUT2D eigenvalue weighted by Gasteiger charge is 2.29. The van der Waals surface area contributed by atoms with Gasteiger partial charge in [0.25, 0.3) is 0 Å². The second-order valence-corrected chi connectivity index (χ2v) is 7.01. The number of aromatic hydroxyl groups is 1. The fraction of sp³-hybridized carbons (Fsp3) is 0.500. The second kappa shape index (κ2) is 6.44. The number of sulfonamides is 1. The van der Waals surface area contributed by atoms with Crippen molar-refractivity contribution >= 4 is 16.0 Å². The van der Waals surface area contributed by atoms with Gasteiger partial charge in [0.15, 0.2) is 0 Å². The van der Waals surface area contributed by atoms with Crippen LogP contribution in [0, 0.1) is 6.92 Å². The topological polar surface area (TPSA) is 94.9 Å². The fourth-order valence-corrected chi connectivity index (χ4v) is 4.09. The van der Waals surface area contributed by atoms with Crippen LogP contribution in [0.4, 0.5) is 0 Å². The summed E-state index contributed by atoms with van der Waals surface area (Å²) in [4.78, 5) is 11.0. The van der Waals surface area contributed by atoms with Crippen LogP contribution >= 0.6 is 0 Å². The first-order chi connectivity index (χ1) is 9.62. The van der Waals surface area contributed by atoms with Gasteiger partial charge in [-0.1, -0.05) is 6.92 Å². The first kappa shape index (κ1) is 17.5. The molecular formula is C14H21NO5S. The molecule has 0 aliphatic heterocycles. The monoisotopic (exact) mass is 315 g/mol. The van der Waals surface area contributed by atoms with Gasteiger partial charge < -0.3 is 10.2 Å². The lowest BCUT2D eigenvalue weighted by Gasteiger charge is -2.26. The van der Waals surface area contributed by atoms with Gasteiger partial charge in [0.1, 0.15) is 11.3 Å². The number of hydrogen-bond acceptors (Lipinski definition) is 4. The van der Waals surface area contributed by atoms with Gasteiger partial charge >= 0.3 is 5.97 Å². The standard InChI is InChI=1S/C14H21NO5S/c1-5-6-15(9(2)3)21(19,20)13-8-11(14(17)18)12(16)7-10(13)4/h7-9,16H,5-6H2,1-4H3,(H,17,18). The molecule has 0 aromatic heterocycles. The Morgan fingerprint density at radius 2 is 1.90 bits per heavy atom. The summed E-state index contributed by atoms with van der Waals surface area (Å²) in [5.74, 6) is -1.80. The summed E-state index contributed by atoms with van der Waals surface area (Å²) >= 11 is 0. The Balaban J connectivity index is 3.50. The minimum atomic E-state index is -3.81. The first-order valence-corrected chi connectivity index (χ1v) is 8.15. The molecule has 0 fully saturated rings. The number of nitrogens with zero attached hydrogens (tertiary/aromatic N) is 1. The van der Waals surface area contributed by atoms with Gasteiger partial charge in [-0.2, -0.15) is 4.31 Å². The zero-order chi connectivity index (χ0) is 16.4. The summed E-state index contributed by atoms with van der Waals surface area (Å²) in [5.41, 5.74) is -0.0985. The lowest BCUT2D eigenvalue weighted by atomic mass is 10.1. The van der Waals surface area contributed by atoms with Crippen LogP contribution in [0.2, 0.25) is 0 Å². The highest BCUT2D eigenvalue weighted by Crippen LogP contribution is 2.28. The van der Waals surface area contributed by atoms with E-state index in [0.717, 1.165) is 6.07 Å². The van der Waals surface area contributed by atoms with Crippen LogP contribution in [0.25, 0.3) is 0 Å². The van der Waals surface area contributed by atoms with Crippen LogP contribution < -0.4 is 0 Å². The normalized spacial score (nSPS) is 12.1. The van der Waals surface area contributed by atoms with Gasteiger partial charge in [0.2, 0.25) is 10.0 Å². The predicted molar refractivity (Wildman–Crippen MR) is 79.1 cm³/mol. The maximum atomic E-state index is 12.7. The molecule has 6 nitrogen and oxygen atoms in total. The van der Waals surface area contributed by atoms with Gasteiger partial charge in [0.05, 0.1) is 4.90 Å². The molecule has 118 valence electrons. The van der Waals surface area contributed by atoms with E-state index in [2.05, 4.69) is 0 Å². The molecule has 0 unspecified atom stereocenters. The summed E-state index contributed by atoms with van der Waals surface area (Å²) < 4.78 is 26.8. The Hall–Kier alpha value is -1.60. The first-order valence-electron chi connectivity index (χ1n) is 6.71. The van der Waals surface area contributed by atoms with Crippen molar-refractivity contribution in [2.24, 2.45) is 0 Å². The molecule has 7 heteroatoms. The molecule has 1 rings (SSSR count). The number of aryl methyl sites for hydroxylation is 1. The van der Waals surface area contributed by atoms with Crippen molar-refractivity contribution in [1.29, 1.82) is 0 Å².